The van der Waals surface area contributed by atoms with E-state index in [4.69, 9.17) is 18.9 Å². The second-order valence-corrected chi connectivity index (χ2v) is 9.34. The van der Waals surface area contributed by atoms with Gasteiger partial charge in [-0.25, -0.2) is 0 Å². The van der Waals surface area contributed by atoms with Crippen molar-refractivity contribution in [2.45, 2.75) is 101 Å². The quantitative estimate of drug-likeness (QED) is 0.272. The van der Waals surface area contributed by atoms with Gasteiger partial charge in [0, 0.05) is 0 Å². The highest BCUT2D eigenvalue weighted by molar-refractivity contribution is 5.05. The standard InChI is InChI=1S/C21H36O10/c1-10-4-6-11(7-5-10)21(2,3)31-20-18(27)16(25)15(24)13(30-20)9-29-19-17(26)14(23)12(22)8-28-19/h4,11-20,22-27H,5-9H2,1-3H3/t11-,12-,13+,14-,15+,16-,17+,18+,19-,20-/m0/s1. The van der Waals surface area contributed by atoms with Gasteiger partial charge in [0.1, 0.15) is 42.7 Å². The molecule has 3 aliphatic rings. The van der Waals surface area contributed by atoms with Crippen molar-refractivity contribution in [1.82, 2.24) is 0 Å². The van der Waals surface area contributed by atoms with Crippen molar-refractivity contribution in [3.8, 4) is 0 Å². The summed E-state index contributed by atoms with van der Waals surface area (Å²) in [5.74, 6) is 0.199. The Morgan fingerprint density at radius 3 is 2.29 bits per heavy atom. The average Bonchev–Trinajstić information content (AvgIpc) is 2.73. The number of ether oxygens (including phenoxy) is 4. The zero-order valence-electron chi connectivity index (χ0n) is 18.2. The molecule has 10 nitrogen and oxygen atoms in total. The molecule has 31 heavy (non-hydrogen) atoms. The molecule has 3 rings (SSSR count). The maximum absolute atomic E-state index is 10.4. The van der Waals surface area contributed by atoms with Crippen molar-refractivity contribution >= 4 is 0 Å². The molecule has 2 aliphatic heterocycles. The van der Waals surface area contributed by atoms with Gasteiger partial charge in [-0.2, -0.15) is 0 Å². The molecule has 10 atom stereocenters. The molecule has 0 aromatic rings. The Balaban J connectivity index is 1.61. The lowest BCUT2D eigenvalue weighted by atomic mass is 9.79. The number of allylic oxidation sites excluding steroid dienone is 2. The minimum absolute atomic E-state index is 0.199. The summed E-state index contributed by atoms with van der Waals surface area (Å²) in [5.41, 5.74) is 0.681. The smallest absolute Gasteiger partial charge is 0.187 e. The van der Waals surface area contributed by atoms with E-state index in [1.807, 2.05) is 13.8 Å². The molecule has 0 bridgehead atoms. The predicted molar refractivity (Wildman–Crippen MR) is 107 cm³/mol. The zero-order chi connectivity index (χ0) is 22.9. The second-order valence-electron chi connectivity index (χ2n) is 9.34. The van der Waals surface area contributed by atoms with Crippen LogP contribution in [-0.2, 0) is 18.9 Å². The van der Waals surface area contributed by atoms with Gasteiger partial charge in [-0.1, -0.05) is 11.6 Å². The van der Waals surface area contributed by atoms with E-state index in [9.17, 15) is 30.6 Å². The van der Waals surface area contributed by atoms with Crippen LogP contribution in [0.15, 0.2) is 11.6 Å². The lowest BCUT2D eigenvalue weighted by Gasteiger charge is -2.45. The van der Waals surface area contributed by atoms with E-state index in [2.05, 4.69) is 13.0 Å². The molecule has 2 heterocycles. The molecule has 0 amide bonds. The summed E-state index contributed by atoms with van der Waals surface area (Å²) in [5, 5.41) is 60.3. The molecule has 6 N–H and O–H groups in total. The van der Waals surface area contributed by atoms with E-state index in [1.165, 1.54) is 5.57 Å². The third kappa shape index (κ3) is 5.64. The molecule has 0 aromatic carbocycles. The van der Waals surface area contributed by atoms with Crippen molar-refractivity contribution in [1.29, 1.82) is 0 Å². The Labute approximate surface area is 182 Å². The van der Waals surface area contributed by atoms with Crippen LogP contribution in [0.5, 0.6) is 0 Å². The number of aliphatic hydroxyl groups is 6. The molecule has 0 radical (unpaired) electrons. The maximum Gasteiger partial charge on any atom is 0.187 e. The Morgan fingerprint density at radius 2 is 1.65 bits per heavy atom. The zero-order valence-corrected chi connectivity index (χ0v) is 18.2. The van der Waals surface area contributed by atoms with Gasteiger partial charge in [-0.15, -0.1) is 0 Å². The molecule has 0 spiro atoms. The largest absolute Gasteiger partial charge is 0.388 e. The lowest BCUT2D eigenvalue weighted by molar-refractivity contribution is -0.340. The summed E-state index contributed by atoms with van der Waals surface area (Å²) < 4.78 is 22.4. The number of hydrogen-bond donors (Lipinski definition) is 6. The van der Waals surface area contributed by atoms with Crippen LogP contribution in [0.1, 0.15) is 40.0 Å². The minimum atomic E-state index is -1.53. The maximum atomic E-state index is 10.4. The van der Waals surface area contributed by atoms with Gasteiger partial charge in [0.2, 0.25) is 0 Å². The van der Waals surface area contributed by atoms with E-state index in [-0.39, 0.29) is 19.1 Å². The van der Waals surface area contributed by atoms with E-state index in [1.54, 1.807) is 0 Å². The van der Waals surface area contributed by atoms with Gasteiger partial charge in [0.05, 0.1) is 18.8 Å². The van der Waals surface area contributed by atoms with Crippen LogP contribution in [0.2, 0.25) is 0 Å². The molecular weight excluding hydrogens is 412 g/mol. The van der Waals surface area contributed by atoms with Crippen molar-refractivity contribution in [2.24, 2.45) is 5.92 Å². The van der Waals surface area contributed by atoms with Crippen LogP contribution in [0.4, 0.5) is 0 Å². The second kappa shape index (κ2) is 10.1. The molecule has 1 aliphatic carbocycles. The van der Waals surface area contributed by atoms with Crippen LogP contribution in [0.25, 0.3) is 0 Å². The van der Waals surface area contributed by atoms with Gasteiger partial charge in [-0.3, -0.25) is 0 Å². The van der Waals surface area contributed by atoms with E-state index in [0.717, 1.165) is 19.3 Å². The van der Waals surface area contributed by atoms with Crippen molar-refractivity contribution in [2.75, 3.05) is 13.2 Å². The monoisotopic (exact) mass is 448 g/mol. The highest BCUT2D eigenvalue weighted by Crippen LogP contribution is 2.37. The van der Waals surface area contributed by atoms with Crippen molar-refractivity contribution in [3.63, 3.8) is 0 Å². The first-order valence-electron chi connectivity index (χ1n) is 10.8. The fourth-order valence-corrected chi connectivity index (χ4v) is 4.26. The molecule has 2 saturated heterocycles. The average molecular weight is 449 g/mol. The summed E-state index contributed by atoms with van der Waals surface area (Å²) in [6, 6.07) is 0. The third-order valence-electron chi connectivity index (χ3n) is 6.59. The highest BCUT2D eigenvalue weighted by Gasteiger charge is 2.48. The van der Waals surface area contributed by atoms with E-state index >= 15 is 0 Å². The Morgan fingerprint density at radius 1 is 0.968 bits per heavy atom. The van der Waals surface area contributed by atoms with E-state index in [0.29, 0.717) is 0 Å². The molecular formula is C21H36O10. The highest BCUT2D eigenvalue weighted by atomic mass is 16.7. The molecule has 10 heteroatoms. The third-order valence-corrected chi connectivity index (χ3v) is 6.59. The first-order valence-corrected chi connectivity index (χ1v) is 10.8. The summed E-state index contributed by atoms with van der Waals surface area (Å²) in [6.45, 7) is 5.37. The first-order chi connectivity index (χ1) is 14.5. The summed E-state index contributed by atoms with van der Waals surface area (Å²) in [6.07, 6.45) is -7.22. The Hall–Kier alpha value is -0.660. The predicted octanol–water partition coefficient (Wildman–Crippen LogP) is -1.21. The molecule has 0 saturated carbocycles. The van der Waals surface area contributed by atoms with Crippen molar-refractivity contribution in [3.05, 3.63) is 11.6 Å². The van der Waals surface area contributed by atoms with Crippen LogP contribution in [-0.4, -0.2) is 105 Å². The molecule has 180 valence electrons. The Bertz CT molecular complexity index is 625. The minimum Gasteiger partial charge on any atom is -0.388 e. The first kappa shape index (κ1) is 25.0. The van der Waals surface area contributed by atoms with Crippen LogP contribution >= 0.6 is 0 Å². The number of hydrogen-bond acceptors (Lipinski definition) is 10. The Kier molecular flexibility index (Phi) is 8.12. The number of aliphatic hydroxyl groups excluding tert-OH is 6. The van der Waals surface area contributed by atoms with Crippen LogP contribution < -0.4 is 0 Å². The van der Waals surface area contributed by atoms with Crippen molar-refractivity contribution < 1.29 is 49.6 Å². The van der Waals surface area contributed by atoms with E-state index < -0.39 is 60.9 Å². The molecule has 0 aromatic heterocycles. The fourth-order valence-electron chi connectivity index (χ4n) is 4.26. The topological polar surface area (TPSA) is 158 Å². The van der Waals surface area contributed by atoms with Gasteiger partial charge in [0.25, 0.3) is 0 Å². The molecule has 0 unspecified atom stereocenters. The van der Waals surface area contributed by atoms with Gasteiger partial charge >= 0.3 is 0 Å². The van der Waals surface area contributed by atoms with Gasteiger partial charge < -0.3 is 49.6 Å². The van der Waals surface area contributed by atoms with Gasteiger partial charge in [0.15, 0.2) is 12.6 Å². The SMILES string of the molecule is CC1=CC[C@H](C(C)(C)O[C@@H]2O[C@H](CO[C@@H]3OC[C@H](O)[C@H](O)[C@H]3O)[C@@H](O)[C@H](O)[C@H]2O)CC1. The van der Waals surface area contributed by atoms with Crippen LogP contribution in [0, 0.1) is 5.92 Å². The summed E-state index contributed by atoms with van der Waals surface area (Å²) in [7, 11) is 0. The van der Waals surface area contributed by atoms with Gasteiger partial charge in [-0.05, 0) is 46.0 Å². The summed E-state index contributed by atoms with van der Waals surface area (Å²) in [4.78, 5) is 0. The lowest BCUT2D eigenvalue weighted by Crippen LogP contribution is -2.61. The normalized spacial score (nSPS) is 44.7. The number of rotatable bonds is 6. The van der Waals surface area contributed by atoms with Crippen LogP contribution in [0.3, 0.4) is 0 Å². The fraction of sp³-hybridized carbons (Fsp3) is 0.905. The summed E-state index contributed by atoms with van der Waals surface area (Å²) >= 11 is 0. The molecule has 2 fully saturated rings.